The van der Waals surface area contributed by atoms with Gasteiger partial charge in [0.25, 0.3) is 5.91 Å². The predicted molar refractivity (Wildman–Crippen MR) is 66.4 cm³/mol. The molecule has 0 bridgehead atoms. The highest BCUT2D eigenvalue weighted by Gasteiger charge is 2.38. The standard InChI is InChI=1S/C12H15N5O2/c1-19-9-4-10(11-13-2-3-14-11)17(7-9)12(18)8-5-15-16-6-8/h2-3,5-6,9-10H,4,7H2,1H3,(H,13,14)(H,15,16)/t9-,10?/m1/s1. The highest BCUT2D eigenvalue weighted by Crippen LogP contribution is 2.32. The van der Waals surface area contributed by atoms with Crippen LogP contribution >= 0.6 is 0 Å². The summed E-state index contributed by atoms with van der Waals surface area (Å²) >= 11 is 0. The normalized spacial score (nSPS) is 22.9. The van der Waals surface area contributed by atoms with Gasteiger partial charge in [0.05, 0.1) is 23.9 Å². The molecule has 0 radical (unpaired) electrons. The summed E-state index contributed by atoms with van der Waals surface area (Å²) in [7, 11) is 1.66. The molecule has 1 amide bonds. The predicted octanol–water partition coefficient (Wildman–Crippen LogP) is 0.735. The third-order valence-corrected chi connectivity index (χ3v) is 3.44. The molecule has 2 atom stereocenters. The van der Waals surface area contributed by atoms with Crippen molar-refractivity contribution in [3.63, 3.8) is 0 Å². The van der Waals surface area contributed by atoms with Crippen LogP contribution in [0.1, 0.15) is 28.6 Å². The molecule has 0 spiro atoms. The molecule has 2 aromatic rings. The van der Waals surface area contributed by atoms with E-state index in [1.165, 1.54) is 6.20 Å². The Hall–Kier alpha value is -2.15. The van der Waals surface area contributed by atoms with E-state index in [1.807, 2.05) is 0 Å². The van der Waals surface area contributed by atoms with E-state index in [0.29, 0.717) is 12.1 Å². The van der Waals surface area contributed by atoms with Gasteiger partial charge in [0.15, 0.2) is 0 Å². The fourth-order valence-corrected chi connectivity index (χ4v) is 2.45. The van der Waals surface area contributed by atoms with E-state index in [9.17, 15) is 4.79 Å². The number of carbonyl (C=O) groups excluding carboxylic acids is 1. The molecule has 19 heavy (non-hydrogen) atoms. The van der Waals surface area contributed by atoms with Gasteiger partial charge >= 0.3 is 0 Å². The molecule has 1 fully saturated rings. The van der Waals surface area contributed by atoms with Crippen molar-refractivity contribution < 1.29 is 9.53 Å². The van der Waals surface area contributed by atoms with Crippen LogP contribution in [0.4, 0.5) is 0 Å². The first-order valence-electron chi connectivity index (χ1n) is 6.11. The second kappa shape index (κ2) is 4.85. The highest BCUT2D eigenvalue weighted by molar-refractivity contribution is 5.94. The van der Waals surface area contributed by atoms with Gasteiger partial charge in [0.2, 0.25) is 0 Å². The van der Waals surface area contributed by atoms with Gasteiger partial charge in [-0.3, -0.25) is 9.89 Å². The Bertz CT molecular complexity index is 536. The molecular weight excluding hydrogens is 246 g/mol. The van der Waals surface area contributed by atoms with E-state index >= 15 is 0 Å². The fraction of sp³-hybridized carbons (Fsp3) is 0.417. The van der Waals surface area contributed by atoms with Crippen molar-refractivity contribution in [2.24, 2.45) is 0 Å². The Morgan fingerprint density at radius 2 is 2.47 bits per heavy atom. The van der Waals surface area contributed by atoms with Gasteiger partial charge in [-0.25, -0.2) is 4.98 Å². The average Bonchev–Trinajstić information content (AvgIpc) is 3.16. The zero-order chi connectivity index (χ0) is 13.2. The number of methoxy groups -OCH3 is 1. The van der Waals surface area contributed by atoms with Gasteiger partial charge in [-0.05, 0) is 0 Å². The number of nitrogens with one attached hydrogen (secondary N) is 2. The number of imidazole rings is 1. The number of hydrogen-bond acceptors (Lipinski definition) is 4. The van der Waals surface area contributed by atoms with Crippen LogP contribution in [0.2, 0.25) is 0 Å². The Balaban J connectivity index is 1.87. The molecule has 0 aromatic carbocycles. The summed E-state index contributed by atoms with van der Waals surface area (Å²) in [6, 6.07) is -0.0812. The number of likely N-dealkylation sites (tertiary alicyclic amines) is 1. The van der Waals surface area contributed by atoms with Crippen molar-refractivity contribution in [2.75, 3.05) is 13.7 Å². The van der Waals surface area contributed by atoms with Gasteiger partial charge in [-0.15, -0.1) is 0 Å². The number of aromatic nitrogens is 4. The van der Waals surface area contributed by atoms with Crippen LogP contribution in [0.3, 0.4) is 0 Å². The number of H-pyrrole nitrogens is 2. The summed E-state index contributed by atoms with van der Waals surface area (Å²) in [5.74, 6) is 0.728. The van der Waals surface area contributed by atoms with Crippen molar-refractivity contribution in [3.05, 3.63) is 36.2 Å². The third kappa shape index (κ3) is 2.12. The average molecular weight is 261 g/mol. The monoisotopic (exact) mass is 261 g/mol. The number of rotatable bonds is 3. The summed E-state index contributed by atoms with van der Waals surface area (Å²) in [5.41, 5.74) is 0.549. The minimum absolute atomic E-state index is 0.0333. The Kier molecular flexibility index (Phi) is 3.04. The van der Waals surface area contributed by atoms with Crippen LogP contribution in [0.5, 0.6) is 0 Å². The molecule has 2 aromatic heterocycles. The molecule has 7 nitrogen and oxygen atoms in total. The molecule has 1 unspecified atom stereocenters. The molecule has 1 saturated heterocycles. The van der Waals surface area contributed by atoms with Crippen LogP contribution in [0.15, 0.2) is 24.8 Å². The SMILES string of the molecule is CO[C@@H]1CC(c2ncc[nH]2)N(C(=O)c2cn[nH]c2)C1. The molecule has 0 aliphatic carbocycles. The second-order valence-corrected chi connectivity index (χ2v) is 4.53. The van der Waals surface area contributed by atoms with Crippen molar-refractivity contribution >= 4 is 5.91 Å². The first-order chi connectivity index (χ1) is 9.29. The van der Waals surface area contributed by atoms with E-state index in [4.69, 9.17) is 4.74 Å². The van der Waals surface area contributed by atoms with E-state index in [-0.39, 0.29) is 18.1 Å². The van der Waals surface area contributed by atoms with Gasteiger partial charge in [-0.2, -0.15) is 5.10 Å². The summed E-state index contributed by atoms with van der Waals surface area (Å²) in [6.07, 6.45) is 7.36. The number of aromatic amines is 2. The molecule has 1 aliphatic heterocycles. The maximum atomic E-state index is 12.4. The summed E-state index contributed by atoms with van der Waals surface area (Å²) in [6.45, 7) is 0.561. The number of nitrogens with zero attached hydrogens (tertiary/aromatic N) is 3. The lowest BCUT2D eigenvalue weighted by molar-refractivity contribution is 0.0684. The largest absolute Gasteiger partial charge is 0.380 e. The summed E-state index contributed by atoms with van der Waals surface area (Å²) in [5, 5.41) is 6.47. The highest BCUT2D eigenvalue weighted by atomic mass is 16.5. The lowest BCUT2D eigenvalue weighted by Gasteiger charge is -2.22. The van der Waals surface area contributed by atoms with Crippen LogP contribution in [-0.2, 0) is 4.74 Å². The van der Waals surface area contributed by atoms with Crippen molar-refractivity contribution in [3.8, 4) is 0 Å². The Morgan fingerprint density at radius 3 is 3.11 bits per heavy atom. The van der Waals surface area contributed by atoms with Crippen molar-refractivity contribution in [1.29, 1.82) is 0 Å². The van der Waals surface area contributed by atoms with E-state index in [2.05, 4.69) is 20.2 Å². The molecule has 0 saturated carbocycles. The summed E-state index contributed by atoms with van der Waals surface area (Å²) in [4.78, 5) is 21.5. The van der Waals surface area contributed by atoms with Gasteiger partial charge in [0.1, 0.15) is 5.82 Å². The first kappa shape index (κ1) is 11.9. The quantitative estimate of drug-likeness (QED) is 0.853. The zero-order valence-electron chi connectivity index (χ0n) is 10.5. The zero-order valence-corrected chi connectivity index (χ0v) is 10.5. The minimum atomic E-state index is -0.0812. The Morgan fingerprint density at radius 1 is 1.58 bits per heavy atom. The number of carbonyl (C=O) groups is 1. The molecular formula is C12H15N5O2. The van der Waals surface area contributed by atoms with E-state index in [0.717, 1.165) is 12.2 Å². The number of hydrogen-bond donors (Lipinski definition) is 2. The molecule has 3 heterocycles. The lowest BCUT2D eigenvalue weighted by atomic mass is 10.2. The Labute approximate surface area is 110 Å². The summed E-state index contributed by atoms with van der Waals surface area (Å²) < 4.78 is 5.38. The molecule has 2 N–H and O–H groups in total. The second-order valence-electron chi connectivity index (χ2n) is 4.53. The van der Waals surface area contributed by atoms with Crippen LogP contribution in [0, 0.1) is 0 Å². The van der Waals surface area contributed by atoms with Crippen molar-refractivity contribution in [2.45, 2.75) is 18.6 Å². The number of ether oxygens (including phenoxy) is 1. The third-order valence-electron chi connectivity index (χ3n) is 3.44. The molecule has 1 aliphatic rings. The maximum absolute atomic E-state index is 12.4. The van der Waals surface area contributed by atoms with Crippen LogP contribution in [0.25, 0.3) is 0 Å². The van der Waals surface area contributed by atoms with Crippen molar-refractivity contribution in [1.82, 2.24) is 25.1 Å². The van der Waals surface area contributed by atoms with Gasteiger partial charge in [0, 0.05) is 38.7 Å². The van der Waals surface area contributed by atoms with E-state index < -0.39 is 0 Å². The minimum Gasteiger partial charge on any atom is -0.380 e. The van der Waals surface area contributed by atoms with Gasteiger partial charge in [-0.1, -0.05) is 0 Å². The lowest BCUT2D eigenvalue weighted by Crippen LogP contribution is -2.32. The topological polar surface area (TPSA) is 86.9 Å². The molecule has 7 heteroatoms. The fourth-order valence-electron chi connectivity index (χ4n) is 2.45. The van der Waals surface area contributed by atoms with Crippen LogP contribution in [-0.4, -0.2) is 50.7 Å². The maximum Gasteiger partial charge on any atom is 0.257 e. The molecule has 3 rings (SSSR count). The smallest absolute Gasteiger partial charge is 0.257 e. The first-order valence-corrected chi connectivity index (χ1v) is 6.11. The van der Waals surface area contributed by atoms with Gasteiger partial charge < -0.3 is 14.6 Å². The number of amides is 1. The molecule has 100 valence electrons. The van der Waals surface area contributed by atoms with E-state index in [1.54, 1.807) is 30.6 Å². The van der Waals surface area contributed by atoms with Crippen LogP contribution < -0.4 is 0 Å².